The van der Waals surface area contributed by atoms with Crippen LogP contribution >= 0.6 is 0 Å². The number of nitrogens with zero attached hydrogens (tertiary/aromatic N) is 2. The molecule has 0 aliphatic carbocycles. The topological polar surface area (TPSA) is 29.9 Å². The summed E-state index contributed by atoms with van der Waals surface area (Å²) in [4.78, 5) is 0. The van der Waals surface area contributed by atoms with Gasteiger partial charge in [0.05, 0.1) is 6.20 Å². The van der Waals surface area contributed by atoms with Crippen LogP contribution in [0.4, 0.5) is 0 Å². The van der Waals surface area contributed by atoms with Gasteiger partial charge in [0.15, 0.2) is 0 Å². The van der Waals surface area contributed by atoms with Crippen LogP contribution in [0.15, 0.2) is 6.20 Å². The molecule has 3 heteroatoms. The highest BCUT2D eigenvalue weighted by Crippen LogP contribution is 2.18. The van der Waals surface area contributed by atoms with E-state index in [0.717, 1.165) is 0 Å². The molecule has 0 spiro atoms. The zero-order chi connectivity index (χ0) is 12.8. The number of nitrogens with one attached hydrogen (secondary N) is 1. The van der Waals surface area contributed by atoms with Crippen molar-refractivity contribution in [3.05, 3.63) is 17.5 Å². The zero-order valence-electron chi connectivity index (χ0n) is 12.0. The third kappa shape index (κ3) is 3.84. The average molecular weight is 237 g/mol. The van der Waals surface area contributed by atoms with E-state index in [-0.39, 0.29) is 0 Å². The highest BCUT2D eigenvalue weighted by atomic mass is 15.3. The summed E-state index contributed by atoms with van der Waals surface area (Å²) >= 11 is 0. The summed E-state index contributed by atoms with van der Waals surface area (Å²) < 4.78 is 1.95. The Bertz CT molecular complexity index is 324. The van der Waals surface area contributed by atoms with Crippen molar-refractivity contribution in [1.82, 2.24) is 15.1 Å². The van der Waals surface area contributed by atoms with E-state index in [1.165, 1.54) is 36.9 Å². The van der Waals surface area contributed by atoms with Gasteiger partial charge in [0.2, 0.25) is 0 Å². The first-order valence-electron chi connectivity index (χ1n) is 6.84. The highest BCUT2D eigenvalue weighted by molar-refractivity contribution is 5.19. The zero-order valence-corrected chi connectivity index (χ0v) is 12.0. The highest BCUT2D eigenvalue weighted by Gasteiger charge is 2.15. The van der Waals surface area contributed by atoms with Crippen LogP contribution in [-0.2, 0) is 7.05 Å². The summed E-state index contributed by atoms with van der Waals surface area (Å²) in [6.07, 6.45) is 7.00. The Morgan fingerprint density at radius 1 is 1.29 bits per heavy atom. The molecule has 0 saturated carbocycles. The fraction of sp³-hybridized carbons (Fsp3) is 0.786. The van der Waals surface area contributed by atoms with Gasteiger partial charge in [-0.05, 0) is 26.7 Å². The second-order valence-electron chi connectivity index (χ2n) is 4.97. The third-order valence-electron chi connectivity index (χ3n) is 3.50. The number of aryl methyl sites for hydroxylation is 1. The van der Waals surface area contributed by atoms with Gasteiger partial charge in [-0.3, -0.25) is 4.68 Å². The summed E-state index contributed by atoms with van der Waals surface area (Å²) in [5, 5.41) is 8.05. The molecular formula is C14H27N3. The van der Waals surface area contributed by atoms with Gasteiger partial charge in [0.1, 0.15) is 0 Å². The Hall–Kier alpha value is -0.830. The molecule has 1 aromatic rings. The fourth-order valence-electron chi connectivity index (χ4n) is 2.39. The molecule has 0 aliphatic rings. The van der Waals surface area contributed by atoms with Gasteiger partial charge in [-0.1, -0.05) is 26.7 Å². The predicted octanol–water partition coefficient (Wildman–Crippen LogP) is 3.35. The molecule has 3 nitrogen and oxygen atoms in total. The van der Waals surface area contributed by atoms with Crippen molar-refractivity contribution in [2.45, 2.75) is 65.5 Å². The van der Waals surface area contributed by atoms with E-state index in [4.69, 9.17) is 0 Å². The quantitative estimate of drug-likeness (QED) is 0.788. The van der Waals surface area contributed by atoms with Crippen LogP contribution in [0, 0.1) is 6.92 Å². The van der Waals surface area contributed by atoms with Crippen LogP contribution in [0.2, 0.25) is 0 Å². The second kappa shape index (κ2) is 6.80. The largest absolute Gasteiger partial charge is 0.307 e. The molecule has 1 atom stereocenters. The number of aromatic nitrogens is 2. The van der Waals surface area contributed by atoms with Gasteiger partial charge >= 0.3 is 0 Å². The van der Waals surface area contributed by atoms with Crippen molar-refractivity contribution in [3.8, 4) is 0 Å². The van der Waals surface area contributed by atoms with Crippen LogP contribution < -0.4 is 5.32 Å². The minimum atomic E-state index is 0.395. The van der Waals surface area contributed by atoms with Gasteiger partial charge in [-0.2, -0.15) is 5.10 Å². The molecule has 0 fully saturated rings. The van der Waals surface area contributed by atoms with E-state index in [9.17, 15) is 0 Å². The maximum Gasteiger partial charge on any atom is 0.0540 e. The number of hydrogen-bond acceptors (Lipinski definition) is 2. The molecule has 1 unspecified atom stereocenters. The van der Waals surface area contributed by atoms with E-state index in [2.05, 4.69) is 38.1 Å². The first-order valence-corrected chi connectivity index (χ1v) is 6.84. The molecule has 0 bridgehead atoms. The van der Waals surface area contributed by atoms with Crippen molar-refractivity contribution in [2.75, 3.05) is 0 Å². The van der Waals surface area contributed by atoms with Gasteiger partial charge in [-0.25, -0.2) is 0 Å². The molecule has 0 saturated heterocycles. The van der Waals surface area contributed by atoms with Crippen molar-refractivity contribution >= 4 is 0 Å². The van der Waals surface area contributed by atoms with Crippen LogP contribution in [0.3, 0.4) is 0 Å². The third-order valence-corrected chi connectivity index (χ3v) is 3.50. The lowest BCUT2D eigenvalue weighted by Crippen LogP contribution is -2.31. The Kier molecular flexibility index (Phi) is 5.69. The minimum Gasteiger partial charge on any atom is -0.307 e. The van der Waals surface area contributed by atoms with Crippen LogP contribution in [0.25, 0.3) is 0 Å². The summed E-state index contributed by atoms with van der Waals surface area (Å²) in [7, 11) is 2.00. The SMILES string of the molecule is CCCC(CCC)NC(C)c1cnn(C)c1C. The smallest absolute Gasteiger partial charge is 0.0540 e. The van der Waals surface area contributed by atoms with E-state index in [1.807, 2.05) is 17.9 Å². The molecule has 1 aromatic heterocycles. The average Bonchev–Trinajstić information content (AvgIpc) is 2.60. The summed E-state index contributed by atoms with van der Waals surface area (Å²) in [6.45, 7) is 8.88. The molecule has 0 aromatic carbocycles. The van der Waals surface area contributed by atoms with E-state index < -0.39 is 0 Å². The molecular weight excluding hydrogens is 210 g/mol. The lowest BCUT2D eigenvalue weighted by molar-refractivity contribution is 0.401. The maximum atomic E-state index is 4.31. The standard InChI is InChI=1S/C14H27N3/c1-6-8-13(9-7-2)16-11(3)14-10-15-17(5)12(14)4/h10-11,13,16H,6-9H2,1-5H3. The molecule has 1 rings (SSSR count). The van der Waals surface area contributed by atoms with E-state index in [1.54, 1.807) is 0 Å². The predicted molar refractivity (Wildman–Crippen MR) is 73.1 cm³/mol. The van der Waals surface area contributed by atoms with Crippen LogP contribution in [-0.4, -0.2) is 15.8 Å². The van der Waals surface area contributed by atoms with Crippen molar-refractivity contribution < 1.29 is 0 Å². The van der Waals surface area contributed by atoms with Gasteiger partial charge in [0, 0.05) is 30.4 Å². The summed E-state index contributed by atoms with van der Waals surface area (Å²) in [5.41, 5.74) is 2.58. The van der Waals surface area contributed by atoms with Crippen molar-refractivity contribution in [2.24, 2.45) is 7.05 Å². The normalized spacial score (nSPS) is 13.3. The van der Waals surface area contributed by atoms with Crippen molar-refractivity contribution in [3.63, 3.8) is 0 Å². The summed E-state index contributed by atoms with van der Waals surface area (Å²) in [5.74, 6) is 0. The van der Waals surface area contributed by atoms with Gasteiger partial charge < -0.3 is 5.32 Å². The minimum absolute atomic E-state index is 0.395. The monoisotopic (exact) mass is 237 g/mol. The number of rotatable bonds is 7. The maximum absolute atomic E-state index is 4.31. The Balaban J connectivity index is 2.63. The van der Waals surface area contributed by atoms with Crippen LogP contribution in [0.1, 0.15) is 63.8 Å². The molecule has 1 N–H and O–H groups in total. The van der Waals surface area contributed by atoms with Gasteiger partial charge in [-0.15, -0.1) is 0 Å². The van der Waals surface area contributed by atoms with E-state index in [0.29, 0.717) is 12.1 Å². The van der Waals surface area contributed by atoms with E-state index >= 15 is 0 Å². The second-order valence-corrected chi connectivity index (χ2v) is 4.97. The van der Waals surface area contributed by atoms with Crippen molar-refractivity contribution in [1.29, 1.82) is 0 Å². The van der Waals surface area contributed by atoms with Gasteiger partial charge in [0.25, 0.3) is 0 Å². The summed E-state index contributed by atoms with van der Waals surface area (Å²) in [6, 6.07) is 1.03. The lowest BCUT2D eigenvalue weighted by Gasteiger charge is -2.22. The molecule has 1 heterocycles. The molecule has 17 heavy (non-hydrogen) atoms. The molecule has 0 radical (unpaired) electrons. The fourth-order valence-corrected chi connectivity index (χ4v) is 2.39. The molecule has 0 amide bonds. The molecule has 98 valence electrons. The lowest BCUT2D eigenvalue weighted by atomic mass is 10.0. The van der Waals surface area contributed by atoms with Crippen LogP contribution in [0.5, 0.6) is 0 Å². The Morgan fingerprint density at radius 2 is 1.88 bits per heavy atom. The number of hydrogen-bond donors (Lipinski definition) is 1. The Morgan fingerprint density at radius 3 is 2.29 bits per heavy atom. The first-order chi connectivity index (χ1) is 8.10. The first kappa shape index (κ1) is 14.2. The Labute approximate surface area is 106 Å². The molecule has 0 aliphatic heterocycles.